The van der Waals surface area contributed by atoms with E-state index in [0.29, 0.717) is 5.54 Å². The first kappa shape index (κ1) is 23.4. The largest absolute Gasteiger partial charge is 1.00 e. The van der Waals surface area contributed by atoms with Gasteiger partial charge in [-0.25, -0.2) is 0 Å². The number of rotatable bonds is 4. The van der Waals surface area contributed by atoms with Crippen molar-refractivity contribution in [1.29, 1.82) is 0 Å². The summed E-state index contributed by atoms with van der Waals surface area (Å²) in [5.74, 6) is -0.0614. The van der Waals surface area contributed by atoms with Crippen LogP contribution in [0.15, 0.2) is 23.0 Å². The molecule has 0 heterocycles. The van der Waals surface area contributed by atoms with Crippen molar-refractivity contribution < 1.29 is 47.5 Å². The van der Waals surface area contributed by atoms with Gasteiger partial charge in [0.1, 0.15) is 0 Å². The van der Waals surface area contributed by atoms with Crippen LogP contribution in [0.1, 0.15) is 27.2 Å². The van der Waals surface area contributed by atoms with E-state index < -0.39 is 30.8 Å². The van der Waals surface area contributed by atoms with Crippen LogP contribution >= 0.6 is 0 Å². The first-order chi connectivity index (χ1) is 8.01. The van der Waals surface area contributed by atoms with Gasteiger partial charge >= 0.3 is 128 Å². The van der Waals surface area contributed by atoms with Gasteiger partial charge in [0.2, 0.25) is 0 Å². The molecule has 0 aliphatic heterocycles. The molecule has 0 N–H and O–H groups in total. The average Bonchev–Trinajstić information content (AvgIpc) is 2.59. The quantitative estimate of drug-likeness (QED) is 0.490. The van der Waals surface area contributed by atoms with Gasteiger partial charge in [-0.3, -0.25) is 0 Å². The van der Waals surface area contributed by atoms with E-state index in [9.17, 15) is 0 Å². The zero-order valence-electron chi connectivity index (χ0n) is 14.1. The van der Waals surface area contributed by atoms with E-state index in [1.54, 1.807) is 10.9 Å². The zero-order valence-corrected chi connectivity index (χ0v) is 20.0. The third kappa shape index (κ3) is 6.96. The van der Waals surface area contributed by atoms with Crippen molar-refractivity contribution >= 4 is 14.0 Å². The molecule has 1 radical (unpaired) electrons. The van der Waals surface area contributed by atoms with Gasteiger partial charge in [0.25, 0.3) is 0 Å². The molecule has 0 amide bonds. The fourth-order valence-electron chi connectivity index (χ4n) is 2.08. The molecule has 6 heteroatoms. The van der Waals surface area contributed by atoms with Crippen molar-refractivity contribution in [2.24, 2.45) is 0 Å². The number of nitrogens with zero attached hydrogens (tertiary/aromatic N) is 1. The summed E-state index contributed by atoms with van der Waals surface area (Å²) >= 11 is -0.393. The summed E-state index contributed by atoms with van der Waals surface area (Å²) in [5.41, 5.74) is 1.94. The Morgan fingerprint density at radius 2 is 1.65 bits per heavy atom. The Labute approximate surface area is 152 Å². The van der Waals surface area contributed by atoms with E-state index in [4.69, 9.17) is 0 Å². The SMILES string of the molecule is C[Si](C)[Zr+2][N](C1=CC([Si](C)(C)C)=CC1)C(C)(C)C.[Cl-].[Cl-]. The van der Waals surface area contributed by atoms with Gasteiger partial charge in [-0.2, -0.15) is 0 Å². The van der Waals surface area contributed by atoms with Crippen LogP contribution in [0.4, 0.5) is 0 Å². The van der Waals surface area contributed by atoms with Crippen LogP contribution in [-0.4, -0.2) is 22.4 Å². The molecule has 0 spiro atoms. The van der Waals surface area contributed by atoms with Crippen molar-refractivity contribution in [3.05, 3.63) is 23.0 Å². The molecule has 0 saturated carbocycles. The molecule has 0 fully saturated rings. The van der Waals surface area contributed by atoms with E-state index in [-0.39, 0.29) is 30.7 Å². The maximum atomic E-state index is 2.81. The summed E-state index contributed by atoms with van der Waals surface area (Å²) in [5, 5.41) is 1.66. The van der Waals surface area contributed by atoms with Gasteiger partial charge in [-0.15, -0.1) is 0 Å². The van der Waals surface area contributed by atoms with Crippen LogP contribution in [0.2, 0.25) is 32.7 Å². The summed E-state index contributed by atoms with van der Waals surface area (Å²) in [6.45, 7) is 19.5. The van der Waals surface area contributed by atoms with Crippen molar-refractivity contribution in [2.45, 2.75) is 65.5 Å². The van der Waals surface area contributed by atoms with Crippen molar-refractivity contribution in [2.75, 3.05) is 0 Å². The molecule has 0 saturated heterocycles. The number of halogens is 2. The Balaban J connectivity index is 0. The van der Waals surface area contributed by atoms with Crippen LogP contribution in [0.25, 0.3) is 0 Å². The Bertz CT molecular complexity index is 368. The van der Waals surface area contributed by atoms with E-state index in [1.165, 1.54) is 6.42 Å². The molecule has 115 valence electrons. The molecule has 0 aromatic carbocycles. The topological polar surface area (TPSA) is 3.24 Å². The molecule has 1 nitrogen and oxygen atoms in total. The molecule has 20 heavy (non-hydrogen) atoms. The van der Waals surface area contributed by atoms with Crippen LogP contribution in [0, 0.1) is 0 Å². The molecule has 0 atom stereocenters. The first-order valence-electron chi connectivity index (χ1n) is 6.80. The van der Waals surface area contributed by atoms with E-state index >= 15 is 0 Å². The predicted octanol–water partition coefficient (Wildman–Crippen LogP) is -1.57. The summed E-state index contributed by atoms with van der Waals surface area (Å²) in [6, 6.07) is 0. The first-order valence-corrected chi connectivity index (χ1v) is 17.6. The van der Waals surface area contributed by atoms with Crippen molar-refractivity contribution in [1.82, 2.24) is 2.84 Å². The molecular weight excluding hydrogens is 400 g/mol. The maximum Gasteiger partial charge on any atom is -1.00 e. The average molecular weight is 429 g/mol. The Hall–Kier alpha value is 1.18. The van der Waals surface area contributed by atoms with Gasteiger partial charge in [0.05, 0.1) is 0 Å². The van der Waals surface area contributed by atoms with Gasteiger partial charge in [0, 0.05) is 0 Å². The second-order valence-corrected chi connectivity index (χ2v) is 24.8. The third-order valence-corrected chi connectivity index (χ3v) is 13.1. The second-order valence-electron chi connectivity index (χ2n) is 7.37. The molecule has 1 rings (SSSR count). The molecule has 1 aliphatic rings. The van der Waals surface area contributed by atoms with Gasteiger partial charge < -0.3 is 24.8 Å². The zero-order chi connectivity index (χ0) is 14.1. The van der Waals surface area contributed by atoms with Crippen LogP contribution in [0.5, 0.6) is 0 Å². The molecule has 0 aromatic heterocycles. The molecule has 0 aromatic rings. The Morgan fingerprint density at radius 1 is 1.15 bits per heavy atom. The molecule has 0 unspecified atom stereocenters. The number of hydrogen-bond acceptors (Lipinski definition) is 1. The maximum absolute atomic E-state index is 2.81. The van der Waals surface area contributed by atoms with Crippen LogP contribution in [-0.2, 0) is 22.7 Å². The smallest absolute Gasteiger partial charge is 1.00 e. The monoisotopic (exact) mass is 426 g/mol. The van der Waals surface area contributed by atoms with Gasteiger partial charge in [-0.1, -0.05) is 0 Å². The van der Waals surface area contributed by atoms with Crippen LogP contribution in [0.3, 0.4) is 0 Å². The Kier molecular flexibility index (Phi) is 10.2. The Morgan fingerprint density at radius 3 is 1.95 bits per heavy atom. The van der Waals surface area contributed by atoms with E-state index in [1.807, 2.05) is 0 Å². The normalized spacial score (nSPS) is 14.8. The summed E-state index contributed by atoms with van der Waals surface area (Å²) in [7, 11) is -1.13. The molecule has 1 aliphatic carbocycles. The fraction of sp³-hybridized carbons (Fsp3) is 0.714. The van der Waals surface area contributed by atoms with Gasteiger partial charge in [0.15, 0.2) is 0 Å². The summed E-state index contributed by atoms with van der Waals surface area (Å²) in [6.07, 6.45) is 6.22. The third-order valence-electron chi connectivity index (χ3n) is 3.01. The fourth-order valence-corrected chi connectivity index (χ4v) is 11.5. The minimum atomic E-state index is -1.13. The van der Waals surface area contributed by atoms with Crippen molar-refractivity contribution in [3.8, 4) is 0 Å². The van der Waals surface area contributed by atoms with E-state index in [0.717, 1.165) is 0 Å². The summed E-state index contributed by atoms with van der Waals surface area (Å²) in [4.78, 5) is 0. The van der Waals surface area contributed by atoms with E-state index in [2.05, 4.69) is 68.5 Å². The molecule has 0 bridgehead atoms. The molecular formula is C14H28Cl2NSi2Zr. The summed E-state index contributed by atoms with van der Waals surface area (Å²) < 4.78 is 2.81. The standard InChI is InChI=1S/C12H22NSi.C2H6Si.2ClH.Zr/c1-12(2,3)13-10-7-8-11(9-10)14(4,5)6;1-3-2;;;/h8-9H,7H2,1-6H3;1-2H3;2*1H;/q-1;;;;+3/p-2. The minimum Gasteiger partial charge on any atom is -1.00 e. The number of hydrogen-bond donors (Lipinski definition) is 0. The number of allylic oxidation sites excluding steroid dienone is 3. The second kappa shape index (κ2) is 8.72. The van der Waals surface area contributed by atoms with Crippen molar-refractivity contribution in [3.63, 3.8) is 0 Å². The minimum absolute atomic E-state index is 0. The van der Waals surface area contributed by atoms with Gasteiger partial charge in [-0.05, 0) is 0 Å². The predicted molar refractivity (Wildman–Crippen MR) is 83.2 cm³/mol. The van der Waals surface area contributed by atoms with Crippen LogP contribution < -0.4 is 24.8 Å².